The summed E-state index contributed by atoms with van der Waals surface area (Å²) in [5.74, 6) is -0.0944. The van der Waals surface area contributed by atoms with Gasteiger partial charge in [-0.05, 0) is 18.2 Å². The number of nitrogens with one attached hydrogen (secondary N) is 1. The van der Waals surface area contributed by atoms with E-state index in [2.05, 4.69) is 4.98 Å². The lowest BCUT2D eigenvalue weighted by Crippen LogP contribution is -2.06. The molecule has 0 aliphatic rings. The van der Waals surface area contributed by atoms with Gasteiger partial charge in [-0.3, -0.25) is 9.59 Å². The summed E-state index contributed by atoms with van der Waals surface area (Å²) >= 11 is 0. The van der Waals surface area contributed by atoms with Crippen LogP contribution in [0.4, 0.5) is 0 Å². The SMILES string of the molecule is Cn1c(C(=O)c2c[nH]c(C=O)c2)cc2ccccc21. The molecule has 0 saturated heterocycles. The number of benzene rings is 1. The van der Waals surface area contributed by atoms with Crippen molar-refractivity contribution in [3.05, 3.63) is 59.5 Å². The molecule has 0 amide bonds. The number of aldehydes is 1. The zero-order chi connectivity index (χ0) is 13.4. The third kappa shape index (κ3) is 1.78. The Morgan fingerprint density at radius 1 is 1.26 bits per heavy atom. The minimum atomic E-state index is -0.0944. The van der Waals surface area contributed by atoms with Gasteiger partial charge in [-0.15, -0.1) is 0 Å². The first kappa shape index (κ1) is 11.5. The molecule has 0 atom stereocenters. The normalized spacial score (nSPS) is 10.8. The second-order valence-electron chi connectivity index (χ2n) is 4.44. The van der Waals surface area contributed by atoms with E-state index in [1.807, 2.05) is 41.9 Å². The molecule has 4 heteroatoms. The standard InChI is InChI=1S/C15H12N2O2/c1-17-13-5-3-2-4-10(13)7-14(17)15(19)11-6-12(9-18)16-8-11/h2-9,16H,1H3. The monoisotopic (exact) mass is 252 g/mol. The number of aromatic amines is 1. The molecule has 1 aromatic carbocycles. The van der Waals surface area contributed by atoms with Crippen molar-refractivity contribution in [1.82, 2.24) is 9.55 Å². The van der Waals surface area contributed by atoms with Gasteiger partial charge in [0.2, 0.25) is 5.78 Å². The third-order valence-electron chi connectivity index (χ3n) is 3.28. The summed E-state index contributed by atoms with van der Waals surface area (Å²) in [6.45, 7) is 0. The number of nitrogens with zero attached hydrogens (tertiary/aromatic N) is 1. The first-order valence-electron chi connectivity index (χ1n) is 5.93. The van der Waals surface area contributed by atoms with Crippen molar-refractivity contribution in [3.63, 3.8) is 0 Å². The Morgan fingerprint density at radius 3 is 2.74 bits per heavy atom. The maximum atomic E-state index is 12.4. The molecule has 0 aliphatic carbocycles. The second kappa shape index (κ2) is 4.24. The molecule has 0 bridgehead atoms. The fourth-order valence-electron chi connectivity index (χ4n) is 2.27. The summed E-state index contributed by atoms with van der Waals surface area (Å²) in [5, 5.41) is 1.03. The molecule has 0 radical (unpaired) electrons. The van der Waals surface area contributed by atoms with Gasteiger partial charge in [0, 0.05) is 29.7 Å². The molecular weight excluding hydrogens is 240 g/mol. The lowest BCUT2D eigenvalue weighted by Gasteiger charge is -2.01. The average Bonchev–Trinajstić information content (AvgIpc) is 3.04. The molecule has 0 aliphatic heterocycles. The van der Waals surface area contributed by atoms with Crippen LogP contribution in [0.2, 0.25) is 0 Å². The number of H-pyrrole nitrogens is 1. The van der Waals surface area contributed by atoms with Crippen LogP contribution in [-0.4, -0.2) is 21.6 Å². The Kier molecular flexibility index (Phi) is 2.56. The summed E-state index contributed by atoms with van der Waals surface area (Å²) in [6.07, 6.45) is 2.25. The molecule has 2 heterocycles. The molecule has 3 rings (SSSR count). The number of para-hydroxylation sites is 1. The van der Waals surface area contributed by atoms with Gasteiger partial charge >= 0.3 is 0 Å². The number of aromatic nitrogens is 2. The quantitative estimate of drug-likeness (QED) is 0.575. The molecule has 4 nitrogen and oxygen atoms in total. The molecule has 0 fully saturated rings. The van der Waals surface area contributed by atoms with E-state index in [1.165, 1.54) is 0 Å². The lowest BCUT2D eigenvalue weighted by molar-refractivity contribution is 0.103. The van der Waals surface area contributed by atoms with Crippen LogP contribution in [0.15, 0.2) is 42.6 Å². The maximum absolute atomic E-state index is 12.4. The number of aryl methyl sites for hydroxylation is 1. The first-order valence-corrected chi connectivity index (χ1v) is 5.93. The van der Waals surface area contributed by atoms with Crippen LogP contribution in [0.1, 0.15) is 26.5 Å². The van der Waals surface area contributed by atoms with E-state index in [4.69, 9.17) is 0 Å². The summed E-state index contributed by atoms with van der Waals surface area (Å²) < 4.78 is 1.87. The van der Waals surface area contributed by atoms with Crippen LogP contribution in [0.5, 0.6) is 0 Å². The first-order chi connectivity index (χ1) is 9.20. The number of rotatable bonds is 3. The van der Waals surface area contributed by atoms with Gasteiger partial charge in [0.1, 0.15) is 0 Å². The molecule has 0 spiro atoms. The van der Waals surface area contributed by atoms with Crippen molar-refractivity contribution in [2.75, 3.05) is 0 Å². The van der Waals surface area contributed by atoms with E-state index in [-0.39, 0.29) is 5.78 Å². The van der Waals surface area contributed by atoms with Crippen molar-refractivity contribution >= 4 is 23.0 Å². The summed E-state index contributed by atoms with van der Waals surface area (Å²) in [4.78, 5) is 25.8. The smallest absolute Gasteiger partial charge is 0.210 e. The summed E-state index contributed by atoms with van der Waals surface area (Å²) in [7, 11) is 1.86. The molecule has 19 heavy (non-hydrogen) atoms. The fourth-order valence-corrected chi connectivity index (χ4v) is 2.27. The highest BCUT2D eigenvalue weighted by atomic mass is 16.1. The van der Waals surface area contributed by atoms with Gasteiger partial charge in [0.25, 0.3) is 0 Å². The van der Waals surface area contributed by atoms with Crippen LogP contribution in [-0.2, 0) is 7.05 Å². The van der Waals surface area contributed by atoms with Crippen molar-refractivity contribution in [3.8, 4) is 0 Å². The van der Waals surface area contributed by atoms with Gasteiger partial charge < -0.3 is 9.55 Å². The number of carbonyl (C=O) groups excluding carboxylic acids is 2. The van der Waals surface area contributed by atoms with E-state index in [0.29, 0.717) is 23.2 Å². The zero-order valence-corrected chi connectivity index (χ0v) is 10.4. The minimum absolute atomic E-state index is 0.0944. The predicted molar refractivity (Wildman–Crippen MR) is 72.5 cm³/mol. The van der Waals surface area contributed by atoms with E-state index >= 15 is 0 Å². The molecule has 2 aromatic heterocycles. The van der Waals surface area contributed by atoms with Crippen molar-refractivity contribution in [1.29, 1.82) is 0 Å². The van der Waals surface area contributed by atoms with Crippen LogP contribution in [0.3, 0.4) is 0 Å². The highest BCUT2D eigenvalue weighted by Crippen LogP contribution is 2.20. The lowest BCUT2D eigenvalue weighted by atomic mass is 10.1. The molecule has 0 unspecified atom stereocenters. The van der Waals surface area contributed by atoms with Gasteiger partial charge in [0.05, 0.1) is 11.4 Å². The van der Waals surface area contributed by atoms with Gasteiger partial charge in [-0.2, -0.15) is 0 Å². The number of ketones is 1. The highest BCUT2D eigenvalue weighted by Gasteiger charge is 2.16. The molecular formula is C15H12N2O2. The van der Waals surface area contributed by atoms with Crippen molar-refractivity contribution in [2.45, 2.75) is 0 Å². The molecule has 94 valence electrons. The topological polar surface area (TPSA) is 54.9 Å². The van der Waals surface area contributed by atoms with Crippen LogP contribution in [0.25, 0.3) is 10.9 Å². The van der Waals surface area contributed by atoms with Gasteiger partial charge in [0.15, 0.2) is 6.29 Å². The van der Waals surface area contributed by atoms with E-state index in [0.717, 1.165) is 10.9 Å². The van der Waals surface area contributed by atoms with Crippen LogP contribution >= 0.6 is 0 Å². The Hall–Kier alpha value is -2.62. The Bertz CT molecular complexity index is 780. The number of hydrogen-bond acceptors (Lipinski definition) is 2. The largest absolute Gasteiger partial charge is 0.358 e. The molecule has 3 aromatic rings. The van der Waals surface area contributed by atoms with E-state index in [9.17, 15) is 9.59 Å². The number of fused-ring (bicyclic) bond motifs is 1. The molecule has 0 saturated carbocycles. The third-order valence-corrected chi connectivity index (χ3v) is 3.28. The van der Waals surface area contributed by atoms with Crippen LogP contribution in [0, 0.1) is 0 Å². The Morgan fingerprint density at radius 2 is 2.05 bits per heavy atom. The Labute approximate surface area is 109 Å². The summed E-state index contributed by atoms with van der Waals surface area (Å²) in [5.41, 5.74) is 2.52. The van der Waals surface area contributed by atoms with Crippen molar-refractivity contribution < 1.29 is 9.59 Å². The molecule has 1 N–H and O–H groups in total. The second-order valence-corrected chi connectivity index (χ2v) is 4.44. The summed E-state index contributed by atoms with van der Waals surface area (Å²) in [6, 6.07) is 11.3. The highest BCUT2D eigenvalue weighted by molar-refractivity contribution is 6.10. The minimum Gasteiger partial charge on any atom is -0.358 e. The van der Waals surface area contributed by atoms with Gasteiger partial charge in [-0.25, -0.2) is 0 Å². The number of hydrogen-bond donors (Lipinski definition) is 1. The van der Waals surface area contributed by atoms with E-state index < -0.39 is 0 Å². The average molecular weight is 252 g/mol. The van der Waals surface area contributed by atoms with Crippen LogP contribution < -0.4 is 0 Å². The number of carbonyl (C=O) groups is 2. The van der Waals surface area contributed by atoms with E-state index in [1.54, 1.807) is 12.3 Å². The van der Waals surface area contributed by atoms with Crippen molar-refractivity contribution in [2.24, 2.45) is 7.05 Å². The predicted octanol–water partition coefficient (Wildman–Crippen LogP) is 2.55. The Balaban J connectivity index is 2.11. The zero-order valence-electron chi connectivity index (χ0n) is 10.4. The maximum Gasteiger partial charge on any atom is 0.210 e. The fraction of sp³-hybridized carbons (Fsp3) is 0.0667. The van der Waals surface area contributed by atoms with Gasteiger partial charge in [-0.1, -0.05) is 18.2 Å².